The predicted molar refractivity (Wildman–Crippen MR) is 121 cm³/mol. The van der Waals surface area contributed by atoms with E-state index in [9.17, 15) is 14.7 Å². The van der Waals surface area contributed by atoms with Crippen molar-refractivity contribution < 1.29 is 19.4 Å². The minimum Gasteiger partial charge on any atom is -0.480 e. The highest BCUT2D eigenvalue weighted by Crippen LogP contribution is 2.44. The van der Waals surface area contributed by atoms with Crippen molar-refractivity contribution in [2.75, 3.05) is 12.4 Å². The van der Waals surface area contributed by atoms with Crippen LogP contribution in [0.5, 0.6) is 0 Å². The van der Waals surface area contributed by atoms with Gasteiger partial charge in [-0.1, -0.05) is 62.4 Å². The summed E-state index contributed by atoms with van der Waals surface area (Å²) >= 11 is 1.76. The molecule has 3 rings (SSSR count). The van der Waals surface area contributed by atoms with Gasteiger partial charge in [-0.3, -0.25) is 0 Å². The number of carbonyl (C=O) groups is 2. The fourth-order valence-corrected chi connectivity index (χ4v) is 5.09. The molecule has 6 heteroatoms. The maximum absolute atomic E-state index is 12.3. The van der Waals surface area contributed by atoms with Crippen molar-refractivity contribution in [3.05, 3.63) is 59.7 Å². The number of alkyl carbamates (subject to hydrolysis) is 1. The minimum absolute atomic E-state index is 0.0446. The Morgan fingerprint density at radius 2 is 1.60 bits per heavy atom. The smallest absolute Gasteiger partial charge is 0.407 e. The second kappa shape index (κ2) is 10.5. The molecule has 0 saturated carbocycles. The number of hydrogen-bond donors (Lipinski definition) is 2. The van der Waals surface area contributed by atoms with E-state index in [2.05, 4.69) is 43.4 Å². The van der Waals surface area contributed by atoms with Crippen molar-refractivity contribution in [1.82, 2.24) is 5.32 Å². The Labute approximate surface area is 182 Å². The van der Waals surface area contributed by atoms with Crippen molar-refractivity contribution in [3.8, 4) is 11.1 Å². The Morgan fingerprint density at radius 1 is 1.03 bits per heavy atom. The zero-order valence-electron chi connectivity index (χ0n) is 17.5. The number of carboxylic acids is 1. The van der Waals surface area contributed by atoms with Crippen LogP contribution in [0.4, 0.5) is 4.79 Å². The Bertz CT molecular complexity index is 836. The van der Waals surface area contributed by atoms with Gasteiger partial charge < -0.3 is 15.2 Å². The summed E-state index contributed by atoms with van der Waals surface area (Å²) in [4.78, 5) is 23.9. The largest absolute Gasteiger partial charge is 0.480 e. The molecule has 30 heavy (non-hydrogen) atoms. The highest BCUT2D eigenvalue weighted by atomic mass is 32.2. The molecule has 1 amide bonds. The molecule has 0 aliphatic heterocycles. The Morgan fingerprint density at radius 3 is 2.13 bits per heavy atom. The van der Waals surface area contributed by atoms with Gasteiger partial charge in [0.25, 0.3) is 0 Å². The average Bonchev–Trinajstić information content (AvgIpc) is 3.08. The molecule has 1 atom stereocenters. The van der Waals surface area contributed by atoms with Gasteiger partial charge in [0, 0.05) is 11.2 Å². The van der Waals surface area contributed by atoms with Crippen LogP contribution in [-0.4, -0.2) is 40.8 Å². The topological polar surface area (TPSA) is 75.6 Å². The normalized spacial score (nSPS) is 13.6. The van der Waals surface area contributed by atoms with Crippen molar-refractivity contribution in [2.24, 2.45) is 0 Å². The van der Waals surface area contributed by atoms with Gasteiger partial charge in [0.2, 0.25) is 0 Å². The Balaban J connectivity index is 1.58. The number of amides is 1. The van der Waals surface area contributed by atoms with Crippen molar-refractivity contribution in [1.29, 1.82) is 0 Å². The highest BCUT2D eigenvalue weighted by molar-refractivity contribution is 7.99. The Kier molecular flexibility index (Phi) is 7.80. The van der Waals surface area contributed by atoms with Crippen LogP contribution < -0.4 is 5.32 Å². The first kappa shape index (κ1) is 22.2. The van der Waals surface area contributed by atoms with E-state index in [0.717, 1.165) is 35.1 Å². The zero-order chi connectivity index (χ0) is 21.5. The summed E-state index contributed by atoms with van der Waals surface area (Å²) in [6, 6.07) is 15.3. The third-order valence-electron chi connectivity index (χ3n) is 5.60. The SMILES string of the molecule is CCC(CC)SCCC(NC(=O)OCC1c2ccccc2-c2ccccc21)C(=O)O. The molecule has 1 aliphatic carbocycles. The first-order chi connectivity index (χ1) is 14.5. The molecule has 2 N–H and O–H groups in total. The minimum atomic E-state index is -1.03. The summed E-state index contributed by atoms with van der Waals surface area (Å²) in [5, 5.41) is 12.5. The van der Waals surface area contributed by atoms with E-state index in [0.29, 0.717) is 17.4 Å². The van der Waals surface area contributed by atoms with Gasteiger partial charge in [0.05, 0.1) is 0 Å². The van der Waals surface area contributed by atoms with E-state index in [1.54, 1.807) is 11.8 Å². The number of nitrogens with one attached hydrogen (secondary N) is 1. The first-order valence-electron chi connectivity index (χ1n) is 10.5. The zero-order valence-corrected chi connectivity index (χ0v) is 18.3. The molecule has 0 bridgehead atoms. The summed E-state index contributed by atoms with van der Waals surface area (Å²) in [7, 11) is 0. The van der Waals surface area contributed by atoms with Gasteiger partial charge >= 0.3 is 12.1 Å². The second-order valence-corrected chi connectivity index (χ2v) is 8.87. The number of fused-ring (bicyclic) bond motifs is 3. The maximum Gasteiger partial charge on any atom is 0.407 e. The predicted octanol–water partition coefficient (Wildman–Crippen LogP) is 5.29. The van der Waals surface area contributed by atoms with Gasteiger partial charge in [-0.2, -0.15) is 11.8 Å². The maximum atomic E-state index is 12.3. The third-order valence-corrected chi connectivity index (χ3v) is 7.21. The number of ether oxygens (including phenoxy) is 1. The van der Waals surface area contributed by atoms with Crippen LogP contribution in [0.1, 0.15) is 50.2 Å². The summed E-state index contributed by atoms with van der Waals surface area (Å²) in [5.41, 5.74) is 4.57. The highest BCUT2D eigenvalue weighted by Gasteiger charge is 2.29. The first-order valence-corrected chi connectivity index (χ1v) is 11.6. The number of thioether (sulfide) groups is 1. The summed E-state index contributed by atoms with van der Waals surface area (Å²) in [6.07, 6.45) is 1.80. The lowest BCUT2D eigenvalue weighted by Gasteiger charge is -2.18. The van der Waals surface area contributed by atoms with Crippen LogP contribution in [0.2, 0.25) is 0 Å². The second-order valence-electron chi connectivity index (χ2n) is 7.46. The van der Waals surface area contributed by atoms with Gasteiger partial charge in [-0.25, -0.2) is 9.59 Å². The molecule has 0 saturated heterocycles. The van der Waals surface area contributed by atoms with E-state index >= 15 is 0 Å². The molecule has 0 spiro atoms. The molecule has 2 aromatic rings. The average molecular weight is 428 g/mol. The molecular weight excluding hydrogens is 398 g/mol. The molecule has 5 nitrogen and oxygen atoms in total. The van der Waals surface area contributed by atoms with E-state index in [-0.39, 0.29) is 12.5 Å². The van der Waals surface area contributed by atoms with E-state index in [1.165, 1.54) is 0 Å². The van der Waals surface area contributed by atoms with E-state index < -0.39 is 18.1 Å². The van der Waals surface area contributed by atoms with Gasteiger partial charge in [-0.15, -0.1) is 0 Å². The number of carboxylic acid groups (broad SMARTS) is 1. The molecule has 0 radical (unpaired) electrons. The molecule has 0 heterocycles. The third kappa shape index (κ3) is 5.17. The number of aliphatic carboxylic acids is 1. The van der Waals surface area contributed by atoms with Gasteiger partial charge in [0.1, 0.15) is 12.6 Å². The van der Waals surface area contributed by atoms with Crippen molar-refractivity contribution in [2.45, 2.75) is 50.3 Å². The standard InChI is InChI=1S/C24H29NO4S/c1-3-16(4-2)30-14-13-22(23(26)27)25-24(28)29-15-21-19-11-7-5-9-17(19)18-10-6-8-12-20(18)21/h5-12,16,21-22H,3-4,13-15H2,1-2H3,(H,25,28)(H,26,27). The number of rotatable bonds is 10. The molecule has 2 aromatic carbocycles. The summed E-state index contributed by atoms with van der Waals surface area (Å²) in [6.45, 7) is 4.43. The van der Waals surface area contributed by atoms with Crippen LogP contribution in [0, 0.1) is 0 Å². The Hall–Kier alpha value is -2.47. The fraction of sp³-hybridized carbons (Fsp3) is 0.417. The number of benzene rings is 2. The van der Waals surface area contributed by atoms with E-state index in [1.807, 2.05) is 24.3 Å². The lowest BCUT2D eigenvalue weighted by atomic mass is 9.98. The van der Waals surface area contributed by atoms with Crippen molar-refractivity contribution in [3.63, 3.8) is 0 Å². The fourth-order valence-electron chi connectivity index (χ4n) is 3.92. The van der Waals surface area contributed by atoms with Gasteiger partial charge in [0.15, 0.2) is 0 Å². The van der Waals surface area contributed by atoms with E-state index in [4.69, 9.17) is 4.74 Å². The molecule has 1 unspecified atom stereocenters. The molecule has 0 fully saturated rings. The van der Waals surface area contributed by atoms with Crippen LogP contribution in [0.3, 0.4) is 0 Å². The monoisotopic (exact) mass is 427 g/mol. The number of hydrogen-bond acceptors (Lipinski definition) is 4. The molecule has 0 aromatic heterocycles. The van der Waals surface area contributed by atoms with Crippen LogP contribution >= 0.6 is 11.8 Å². The van der Waals surface area contributed by atoms with Crippen LogP contribution in [0.15, 0.2) is 48.5 Å². The number of carbonyl (C=O) groups excluding carboxylic acids is 1. The molecule has 160 valence electrons. The molecular formula is C24H29NO4S. The summed E-state index contributed by atoms with van der Waals surface area (Å²) < 4.78 is 5.47. The molecule has 1 aliphatic rings. The quantitative estimate of drug-likeness (QED) is 0.539. The van der Waals surface area contributed by atoms with Gasteiger partial charge in [-0.05, 0) is 47.3 Å². The van der Waals surface area contributed by atoms with Crippen LogP contribution in [0.25, 0.3) is 11.1 Å². The lowest BCUT2D eigenvalue weighted by molar-refractivity contribution is -0.139. The summed E-state index contributed by atoms with van der Waals surface area (Å²) in [5.74, 6) is -0.391. The van der Waals surface area contributed by atoms with Crippen molar-refractivity contribution >= 4 is 23.8 Å². The van der Waals surface area contributed by atoms with Crippen LogP contribution in [-0.2, 0) is 9.53 Å². The lowest BCUT2D eigenvalue weighted by Crippen LogP contribution is -2.41.